The number of rotatable bonds is 3. The van der Waals surface area contributed by atoms with E-state index in [0.717, 1.165) is 11.8 Å². The van der Waals surface area contributed by atoms with Crippen LogP contribution in [0.3, 0.4) is 0 Å². The molecule has 0 fully saturated rings. The van der Waals surface area contributed by atoms with Crippen LogP contribution in [-0.4, -0.2) is 25.0 Å². The largest absolute Gasteiger partial charge is 0.453 e. The number of aromatic nitrogens is 5. The maximum absolute atomic E-state index is 12.4. The van der Waals surface area contributed by atoms with E-state index in [9.17, 15) is 13.2 Å². The van der Waals surface area contributed by atoms with E-state index in [0.29, 0.717) is 10.5 Å². The highest BCUT2D eigenvalue weighted by Gasteiger charge is 2.38. The van der Waals surface area contributed by atoms with Gasteiger partial charge < -0.3 is 10.4 Å². The standard InChI is InChI=1S/C7H7F3N6OS/c1-3-12-4(17-15-3)2-18-6-14-13-5(16(6)11)7(8,9)10/h2,11H2,1H3. The number of thioether (sulfide) groups is 1. The Bertz CT molecular complexity index is 550. The van der Waals surface area contributed by atoms with Gasteiger partial charge in [-0.05, 0) is 6.92 Å². The van der Waals surface area contributed by atoms with Gasteiger partial charge in [0.05, 0.1) is 5.75 Å². The monoisotopic (exact) mass is 280 g/mol. The summed E-state index contributed by atoms with van der Waals surface area (Å²) < 4.78 is 42.3. The van der Waals surface area contributed by atoms with E-state index in [1.165, 1.54) is 0 Å². The van der Waals surface area contributed by atoms with Crippen molar-refractivity contribution in [3.8, 4) is 0 Å². The smallest absolute Gasteiger partial charge is 0.338 e. The van der Waals surface area contributed by atoms with E-state index in [2.05, 4.69) is 20.3 Å². The van der Waals surface area contributed by atoms with Gasteiger partial charge in [0.1, 0.15) is 0 Å². The predicted molar refractivity (Wildman–Crippen MR) is 53.8 cm³/mol. The molecular weight excluding hydrogens is 273 g/mol. The zero-order chi connectivity index (χ0) is 13.3. The fraction of sp³-hybridized carbons (Fsp3) is 0.429. The van der Waals surface area contributed by atoms with Crippen LogP contribution in [0.4, 0.5) is 13.2 Å². The molecule has 2 rings (SSSR count). The summed E-state index contributed by atoms with van der Waals surface area (Å²) in [6, 6.07) is 0. The van der Waals surface area contributed by atoms with Crippen LogP contribution in [0, 0.1) is 6.92 Å². The normalized spacial score (nSPS) is 12.0. The number of nitrogens with two attached hydrogens (primary N) is 1. The van der Waals surface area contributed by atoms with Gasteiger partial charge in [0.25, 0.3) is 5.82 Å². The second kappa shape index (κ2) is 4.48. The van der Waals surface area contributed by atoms with E-state index < -0.39 is 12.0 Å². The van der Waals surface area contributed by atoms with E-state index in [1.54, 1.807) is 6.92 Å². The van der Waals surface area contributed by atoms with Gasteiger partial charge in [0.2, 0.25) is 11.0 Å². The van der Waals surface area contributed by atoms with Crippen LogP contribution in [0.1, 0.15) is 17.5 Å². The molecule has 18 heavy (non-hydrogen) atoms. The number of aryl methyl sites for hydroxylation is 1. The molecule has 0 unspecified atom stereocenters. The number of nitrogen functional groups attached to an aromatic ring is 1. The number of hydrogen-bond acceptors (Lipinski definition) is 7. The molecule has 0 radical (unpaired) electrons. The van der Waals surface area contributed by atoms with Crippen molar-refractivity contribution in [2.75, 3.05) is 5.84 Å². The van der Waals surface area contributed by atoms with E-state index in [4.69, 9.17) is 10.4 Å². The van der Waals surface area contributed by atoms with Crippen LogP contribution in [0.15, 0.2) is 9.68 Å². The molecule has 2 heterocycles. The SMILES string of the molecule is Cc1noc(CSc2nnc(C(F)(F)F)n2N)n1. The lowest BCUT2D eigenvalue weighted by Crippen LogP contribution is -2.21. The minimum Gasteiger partial charge on any atom is -0.338 e. The quantitative estimate of drug-likeness (QED) is 0.661. The molecule has 0 spiro atoms. The summed E-state index contributed by atoms with van der Waals surface area (Å²) in [4.78, 5) is 3.89. The second-order valence-electron chi connectivity index (χ2n) is 3.20. The predicted octanol–water partition coefficient (Wildman–Crippen LogP) is 0.994. The molecule has 2 aromatic rings. The Balaban J connectivity index is 2.09. The Labute approximate surface area is 103 Å². The first-order valence-corrected chi connectivity index (χ1v) is 5.56. The van der Waals surface area contributed by atoms with E-state index in [1.807, 2.05) is 0 Å². The Morgan fingerprint density at radius 1 is 1.39 bits per heavy atom. The molecular formula is C7H7F3N6OS. The lowest BCUT2D eigenvalue weighted by molar-refractivity contribution is -0.146. The molecule has 0 amide bonds. The molecule has 11 heteroatoms. The third-order valence-electron chi connectivity index (χ3n) is 1.81. The summed E-state index contributed by atoms with van der Waals surface area (Å²) in [6.45, 7) is 1.63. The van der Waals surface area contributed by atoms with Gasteiger partial charge in [0.15, 0.2) is 5.82 Å². The molecule has 2 N–H and O–H groups in total. The summed E-state index contributed by atoms with van der Waals surface area (Å²) in [7, 11) is 0. The Hall–Kier alpha value is -1.78. The first-order chi connectivity index (χ1) is 8.38. The molecule has 0 aromatic carbocycles. The van der Waals surface area contributed by atoms with Crippen molar-refractivity contribution < 1.29 is 17.7 Å². The minimum absolute atomic E-state index is 0.0850. The molecule has 2 aromatic heterocycles. The molecule has 98 valence electrons. The summed E-state index contributed by atoms with van der Waals surface area (Å²) in [5.74, 6) is 4.86. The van der Waals surface area contributed by atoms with Gasteiger partial charge in [-0.3, -0.25) is 0 Å². The van der Waals surface area contributed by atoms with Crippen LogP contribution >= 0.6 is 11.8 Å². The molecule has 0 bridgehead atoms. The number of nitrogens with zero attached hydrogens (tertiary/aromatic N) is 5. The summed E-state index contributed by atoms with van der Waals surface area (Å²) in [6.07, 6.45) is -4.64. The van der Waals surface area contributed by atoms with Gasteiger partial charge in [-0.1, -0.05) is 16.9 Å². The topological polar surface area (TPSA) is 95.7 Å². The average Bonchev–Trinajstić information content (AvgIpc) is 2.81. The molecule has 7 nitrogen and oxygen atoms in total. The Morgan fingerprint density at radius 3 is 2.61 bits per heavy atom. The first kappa shape index (κ1) is 12.7. The zero-order valence-corrected chi connectivity index (χ0v) is 9.79. The lowest BCUT2D eigenvalue weighted by atomic mass is 10.6. The van der Waals surface area contributed by atoms with Crippen molar-refractivity contribution in [3.63, 3.8) is 0 Å². The van der Waals surface area contributed by atoms with Crippen LogP contribution in [0.25, 0.3) is 0 Å². The zero-order valence-electron chi connectivity index (χ0n) is 8.97. The Kier molecular flexibility index (Phi) is 3.15. The molecule has 0 aliphatic heterocycles. The fourth-order valence-electron chi connectivity index (χ4n) is 1.09. The highest BCUT2D eigenvalue weighted by atomic mass is 32.2. The lowest BCUT2D eigenvalue weighted by Gasteiger charge is -2.05. The van der Waals surface area contributed by atoms with E-state index in [-0.39, 0.29) is 16.8 Å². The van der Waals surface area contributed by atoms with Crippen molar-refractivity contribution in [3.05, 3.63) is 17.5 Å². The number of alkyl halides is 3. The fourth-order valence-corrected chi connectivity index (χ4v) is 1.79. The van der Waals surface area contributed by atoms with Gasteiger partial charge in [-0.25, -0.2) is 4.68 Å². The number of hydrogen-bond donors (Lipinski definition) is 1. The first-order valence-electron chi connectivity index (χ1n) is 4.57. The molecule has 0 aliphatic rings. The van der Waals surface area contributed by atoms with Crippen molar-refractivity contribution in [2.45, 2.75) is 24.0 Å². The number of halogens is 3. The van der Waals surface area contributed by atoms with Crippen molar-refractivity contribution >= 4 is 11.8 Å². The minimum atomic E-state index is -4.64. The maximum atomic E-state index is 12.4. The highest BCUT2D eigenvalue weighted by Crippen LogP contribution is 2.29. The third kappa shape index (κ3) is 2.55. The molecule has 0 aliphatic carbocycles. The van der Waals surface area contributed by atoms with Gasteiger partial charge in [-0.15, -0.1) is 10.2 Å². The highest BCUT2D eigenvalue weighted by molar-refractivity contribution is 7.98. The molecule has 0 saturated carbocycles. The third-order valence-corrected chi connectivity index (χ3v) is 2.74. The van der Waals surface area contributed by atoms with Gasteiger partial charge in [-0.2, -0.15) is 18.2 Å². The maximum Gasteiger partial charge on any atom is 0.453 e. The summed E-state index contributed by atoms with van der Waals surface area (Å²) in [5.41, 5.74) is 0. The van der Waals surface area contributed by atoms with Crippen LogP contribution in [-0.2, 0) is 11.9 Å². The van der Waals surface area contributed by atoms with Crippen LogP contribution in [0.5, 0.6) is 0 Å². The molecule has 0 atom stereocenters. The summed E-state index contributed by atoms with van der Waals surface area (Å²) >= 11 is 0.919. The van der Waals surface area contributed by atoms with Gasteiger partial charge >= 0.3 is 6.18 Å². The average molecular weight is 280 g/mol. The second-order valence-corrected chi connectivity index (χ2v) is 4.14. The van der Waals surface area contributed by atoms with Crippen molar-refractivity contribution in [1.82, 2.24) is 25.0 Å². The Morgan fingerprint density at radius 2 is 2.11 bits per heavy atom. The van der Waals surface area contributed by atoms with Crippen LogP contribution in [0.2, 0.25) is 0 Å². The van der Waals surface area contributed by atoms with E-state index >= 15 is 0 Å². The van der Waals surface area contributed by atoms with Crippen molar-refractivity contribution in [1.29, 1.82) is 0 Å². The molecule has 0 saturated heterocycles. The van der Waals surface area contributed by atoms with Crippen LogP contribution < -0.4 is 5.84 Å². The van der Waals surface area contributed by atoms with Gasteiger partial charge in [0, 0.05) is 0 Å². The van der Waals surface area contributed by atoms with Crippen molar-refractivity contribution in [2.24, 2.45) is 0 Å². The summed E-state index contributed by atoms with van der Waals surface area (Å²) in [5, 5.41) is 9.78.